The molecule has 0 saturated heterocycles. The Hall–Kier alpha value is -1.90. The third-order valence-corrected chi connectivity index (χ3v) is 3.60. The molecule has 0 aliphatic rings. The quantitative estimate of drug-likeness (QED) is 0.702. The number of carbonyl (C=O) groups excluding carboxylic acids is 2. The van der Waals surface area contributed by atoms with Crippen molar-refractivity contribution in [2.24, 2.45) is 0 Å². The molecule has 3 N–H and O–H groups in total. The Labute approximate surface area is 142 Å². The summed E-state index contributed by atoms with van der Waals surface area (Å²) in [4.78, 5) is 23.7. The van der Waals surface area contributed by atoms with E-state index in [0.29, 0.717) is 22.3 Å². The first kappa shape index (κ1) is 20.1. The van der Waals surface area contributed by atoms with Crippen molar-refractivity contribution < 1.29 is 22.8 Å². The molecule has 0 aliphatic heterocycles. The van der Waals surface area contributed by atoms with Crippen LogP contribution in [0.2, 0.25) is 0 Å². The summed E-state index contributed by atoms with van der Waals surface area (Å²) in [6.07, 6.45) is -4.28. The molecule has 9 heteroatoms. The maximum Gasteiger partial charge on any atom is 0.398 e. The number of anilines is 1. The Balaban J connectivity index is 2.55. The maximum absolute atomic E-state index is 12.3. The first-order chi connectivity index (χ1) is 11.0. The third-order valence-electron chi connectivity index (χ3n) is 2.46. The zero-order valence-corrected chi connectivity index (χ0v) is 14.4. The number of hydrogen-bond donors (Lipinski definition) is 3. The number of halogens is 3. The Morgan fingerprint density at radius 2 is 1.75 bits per heavy atom. The van der Waals surface area contributed by atoms with E-state index >= 15 is 0 Å². The molecule has 0 spiro atoms. The van der Waals surface area contributed by atoms with Crippen molar-refractivity contribution in [3.05, 3.63) is 24.3 Å². The normalized spacial score (nSPS) is 11.8. The molecule has 0 fully saturated rings. The number of alkyl halides is 3. The fourth-order valence-corrected chi connectivity index (χ4v) is 2.41. The Bertz CT molecular complexity index is 586. The van der Waals surface area contributed by atoms with Crippen molar-refractivity contribution in [1.82, 2.24) is 10.6 Å². The minimum absolute atomic E-state index is 0.235. The fourth-order valence-electron chi connectivity index (χ4n) is 1.62. The van der Waals surface area contributed by atoms with Crippen LogP contribution in [0.4, 0.5) is 23.7 Å². The largest absolute Gasteiger partial charge is 0.398 e. The predicted molar refractivity (Wildman–Crippen MR) is 88.1 cm³/mol. The summed E-state index contributed by atoms with van der Waals surface area (Å²) in [5, 5.41) is 7.45. The van der Waals surface area contributed by atoms with Crippen LogP contribution in [0, 0.1) is 0 Å². The standard InChI is InChI=1S/C15H20F3N3O2S/c1-14(2,3)21-13(23)20-12(22)8-19-10-6-4-5-7-11(10)24-9-15(16,17)18/h4-7,19H,8-9H2,1-3H3,(H2,20,21,22,23). The average Bonchev–Trinajstić information content (AvgIpc) is 2.40. The Morgan fingerprint density at radius 3 is 2.33 bits per heavy atom. The van der Waals surface area contributed by atoms with E-state index in [1.165, 1.54) is 6.07 Å². The van der Waals surface area contributed by atoms with E-state index in [0.717, 1.165) is 0 Å². The zero-order chi connectivity index (χ0) is 18.4. The second kappa shape index (κ2) is 8.27. The number of urea groups is 1. The van der Waals surface area contributed by atoms with Crippen LogP contribution in [0.1, 0.15) is 20.8 Å². The summed E-state index contributed by atoms with van der Waals surface area (Å²) in [5.41, 5.74) is -0.0864. The number of rotatable bonds is 5. The molecule has 134 valence electrons. The van der Waals surface area contributed by atoms with Crippen molar-refractivity contribution in [2.75, 3.05) is 17.6 Å². The zero-order valence-electron chi connectivity index (χ0n) is 13.6. The lowest BCUT2D eigenvalue weighted by Crippen LogP contribution is -2.49. The molecule has 3 amide bonds. The Morgan fingerprint density at radius 1 is 1.12 bits per heavy atom. The first-order valence-corrected chi connectivity index (χ1v) is 8.09. The lowest BCUT2D eigenvalue weighted by atomic mass is 10.1. The molecule has 5 nitrogen and oxygen atoms in total. The number of imide groups is 1. The Kier molecular flexibility index (Phi) is 6.94. The lowest BCUT2D eigenvalue weighted by Gasteiger charge is -2.20. The molecule has 0 aliphatic carbocycles. The number of benzene rings is 1. The van der Waals surface area contributed by atoms with Gasteiger partial charge in [-0.2, -0.15) is 13.2 Å². The second-order valence-electron chi connectivity index (χ2n) is 6.01. The van der Waals surface area contributed by atoms with Gasteiger partial charge in [0, 0.05) is 16.1 Å². The molecule has 24 heavy (non-hydrogen) atoms. The van der Waals surface area contributed by atoms with Gasteiger partial charge in [0.1, 0.15) is 0 Å². The number of carbonyl (C=O) groups is 2. The maximum atomic E-state index is 12.3. The van der Waals surface area contributed by atoms with E-state index in [1.54, 1.807) is 39.0 Å². The molecule has 0 bridgehead atoms. The van der Waals surface area contributed by atoms with Crippen molar-refractivity contribution in [2.45, 2.75) is 37.4 Å². The van der Waals surface area contributed by atoms with Gasteiger partial charge in [-0.05, 0) is 32.9 Å². The van der Waals surface area contributed by atoms with E-state index in [1.807, 2.05) is 0 Å². The minimum atomic E-state index is -4.28. The van der Waals surface area contributed by atoms with Gasteiger partial charge in [-0.3, -0.25) is 10.1 Å². The number of thioether (sulfide) groups is 1. The SMILES string of the molecule is CC(C)(C)NC(=O)NC(=O)CNc1ccccc1SCC(F)(F)F. The summed E-state index contributed by atoms with van der Waals surface area (Å²) in [7, 11) is 0. The van der Waals surface area contributed by atoms with Crippen LogP contribution in [-0.2, 0) is 4.79 Å². The minimum Gasteiger partial charge on any atom is -0.375 e. The fraction of sp³-hybridized carbons (Fsp3) is 0.467. The molecule has 0 heterocycles. The van der Waals surface area contributed by atoms with E-state index < -0.39 is 29.4 Å². The highest BCUT2D eigenvalue weighted by molar-refractivity contribution is 7.99. The number of nitrogens with one attached hydrogen (secondary N) is 3. The number of para-hydroxylation sites is 1. The van der Waals surface area contributed by atoms with Gasteiger partial charge in [0.2, 0.25) is 5.91 Å². The van der Waals surface area contributed by atoms with E-state index in [4.69, 9.17) is 0 Å². The van der Waals surface area contributed by atoms with Gasteiger partial charge < -0.3 is 10.6 Å². The second-order valence-corrected chi connectivity index (χ2v) is 7.02. The van der Waals surface area contributed by atoms with Crippen LogP contribution in [0.5, 0.6) is 0 Å². The van der Waals surface area contributed by atoms with Gasteiger partial charge in [0.25, 0.3) is 0 Å². The van der Waals surface area contributed by atoms with Gasteiger partial charge >= 0.3 is 12.2 Å². The molecule has 0 radical (unpaired) electrons. The van der Waals surface area contributed by atoms with Crippen molar-refractivity contribution in [1.29, 1.82) is 0 Å². The summed E-state index contributed by atoms with van der Waals surface area (Å²) in [5.74, 6) is -1.61. The highest BCUT2D eigenvalue weighted by Crippen LogP contribution is 2.31. The predicted octanol–water partition coefficient (Wildman–Crippen LogP) is 3.38. The average molecular weight is 363 g/mol. The van der Waals surface area contributed by atoms with Crippen molar-refractivity contribution in [3.63, 3.8) is 0 Å². The van der Waals surface area contributed by atoms with E-state index in [-0.39, 0.29) is 6.54 Å². The highest BCUT2D eigenvalue weighted by atomic mass is 32.2. The molecular weight excluding hydrogens is 343 g/mol. The van der Waals surface area contributed by atoms with Crippen LogP contribution < -0.4 is 16.0 Å². The van der Waals surface area contributed by atoms with Gasteiger partial charge in [0.15, 0.2) is 0 Å². The van der Waals surface area contributed by atoms with E-state index in [2.05, 4.69) is 16.0 Å². The lowest BCUT2D eigenvalue weighted by molar-refractivity contribution is -0.118. The van der Waals surface area contributed by atoms with Crippen LogP contribution in [-0.4, -0.2) is 36.0 Å². The third kappa shape index (κ3) is 8.66. The number of hydrogen-bond acceptors (Lipinski definition) is 4. The summed E-state index contributed by atoms with van der Waals surface area (Å²) < 4.78 is 36.9. The molecule has 1 aromatic rings. The summed E-state index contributed by atoms with van der Waals surface area (Å²) in [6.45, 7) is 5.07. The molecule has 0 atom stereocenters. The molecule has 0 aromatic heterocycles. The van der Waals surface area contributed by atoms with E-state index in [9.17, 15) is 22.8 Å². The van der Waals surface area contributed by atoms with Crippen LogP contribution >= 0.6 is 11.8 Å². The highest BCUT2D eigenvalue weighted by Gasteiger charge is 2.27. The van der Waals surface area contributed by atoms with Crippen LogP contribution in [0.15, 0.2) is 29.2 Å². The molecular formula is C15H20F3N3O2S. The van der Waals surface area contributed by atoms with Gasteiger partial charge in [-0.15, -0.1) is 11.8 Å². The van der Waals surface area contributed by atoms with Crippen molar-refractivity contribution >= 4 is 29.4 Å². The first-order valence-electron chi connectivity index (χ1n) is 7.11. The van der Waals surface area contributed by atoms with Crippen LogP contribution in [0.25, 0.3) is 0 Å². The van der Waals surface area contributed by atoms with Crippen LogP contribution in [0.3, 0.4) is 0 Å². The smallest absolute Gasteiger partial charge is 0.375 e. The van der Waals surface area contributed by atoms with Gasteiger partial charge in [-0.1, -0.05) is 12.1 Å². The molecule has 0 unspecified atom stereocenters. The van der Waals surface area contributed by atoms with Gasteiger partial charge in [0.05, 0.1) is 12.3 Å². The monoisotopic (exact) mass is 363 g/mol. The summed E-state index contributed by atoms with van der Waals surface area (Å²) in [6, 6.07) is 5.73. The van der Waals surface area contributed by atoms with Crippen molar-refractivity contribution in [3.8, 4) is 0 Å². The molecule has 1 aromatic carbocycles. The number of amides is 3. The topological polar surface area (TPSA) is 70.2 Å². The summed E-state index contributed by atoms with van der Waals surface area (Å²) >= 11 is 0.629. The molecule has 1 rings (SSSR count). The van der Waals surface area contributed by atoms with Gasteiger partial charge in [-0.25, -0.2) is 4.79 Å². The molecule has 0 saturated carbocycles.